The number of hydrogen-bond donors (Lipinski definition) is 0. The number of carbonyl (C=O) groups is 2. The number of likely N-dealkylation sites (tertiary alicyclic amines) is 1. The molecule has 2 aliphatic rings. The molecule has 2 fully saturated rings. The van der Waals surface area contributed by atoms with E-state index in [2.05, 4.69) is 20.8 Å². The van der Waals surface area contributed by atoms with Crippen molar-refractivity contribution in [1.82, 2.24) is 9.80 Å². The lowest BCUT2D eigenvalue weighted by Gasteiger charge is -2.39. The highest BCUT2D eigenvalue weighted by Gasteiger charge is 2.32. The quantitative estimate of drug-likeness (QED) is 0.644. The van der Waals surface area contributed by atoms with Gasteiger partial charge in [-0.05, 0) is 61.4 Å². The number of hydrogen-bond acceptors (Lipinski definition) is 3. The number of halogens is 2. The predicted octanol–water partition coefficient (Wildman–Crippen LogP) is 4.30. The van der Waals surface area contributed by atoms with E-state index in [-0.39, 0.29) is 17.7 Å². The Hall–Kier alpha value is -2.05. The fourth-order valence-corrected chi connectivity index (χ4v) is 4.59. The average molecular weight is 491 g/mol. The first-order chi connectivity index (χ1) is 14.5. The second-order valence-corrected chi connectivity index (χ2v) is 9.21. The summed E-state index contributed by atoms with van der Waals surface area (Å²) in [6, 6.07) is 15.3. The van der Waals surface area contributed by atoms with Crippen LogP contribution in [0.5, 0.6) is 0 Å². The van der Waals surface area contributed by atoms with Crippen molar-refractivity contribution in [1.29, 1.82) is 0 Å². The third-order valence-electron chi connectivity index (χ3n) is 6.01. The fourth-order valence-electron chi connectivity index (χ4n) is 4.20. The van der Waals surface area contributed by atoms with E-state index >= 15 is 0 Å². The van der Waals surface area contributed by atoms with E-state index in [9.17, 15) is 9.59 Å². The molecule has 7 heteroatoms. The fraction of sp³-hybridized carbons (Fsp3) is 0.391. The lowest BCUT2D eigenvalue weighted by Crippen LogP contribution is -2.52. The van der Waals surface area contributed by atoms with Crippen LogP contribution in [0.25, 0.3) is 0 Å². The highest BCUT2D eigenvalue weighted by atomic mass is 79.9. The summed E-state index contributed by atoms with van der Waals surface area (Å²) < 4.78 is 0.958. The molecule has 0 unspecified atom stereocenters. The number of benzene rings is 2. The van der Waals surface area contributed by atoms with Crippen molar-refractivity contribution in [2.24, 2.45) is 5.92 Å². The van der Waals surface area contributed by atoms with Gasteiger partial charge >= 0.3 is 0 Å². The van der Waals surface area contributed by atoms with E-state index in [4.69, 9.17) is 11.6 Å². The molecule has 2 saturated heterocycles. The Morgan fingerprint density at radius 1 is 0.800 bits per heavy atom. The van der Waals surface area contributed by atoms with Crippen LogP contribution in [-0.2, 0) is 4.79 Å². The van der Waals surface area contributed by atoms with Gasteiger partial charge in [-0.1, -0.05) is 27.5 Å². The second-order valence-electron chi connectivity index (χ2n) is 7.86. The molecule has 2 aromatic rings. The van der Waals surface area contributed by atoms with Gasteiger partial charge in [0.2, 0.25) is 5.91 Å². The maximum absolute atomic E-state index is 13.0. The minimum atomic E-state index is 0.0149. The molecule has 0 N–H and O–H groups in total. The summed E-state index contributed by atoms with van der Waals surface area (Å²) in [7, 11) is 0. The summed E-state index contributed by atoms with van der Waals surface area (Å²) in [5.41, 5.74) is 1.84. The van der Waals surface area contributed by atoms with Gasteiger partial charge in [0.25, 0.3) is 5.91 Å². The van der Waals surface area contributed by atoms with Crippen molar-refractivity contribution in [2.75, 3.05) is 44.2 Å². The number of piperidine rings is 1. The van der Waals surface area contributed by atoms with E-state index in [1.54, 1.807) is 0 Å². The normalized spacial score (nSPS) is 17.9. The van der Waals surface area contributed by atoms with Gasteiger partial charge < -0.3 is 14.7 Å². The van der Waals surface area contributed by atoms with Gasteiger partial charge in [-0.2, -0.15) is 0 Å². The van der Waals surface area contributed by atoms with Gasteiger partial charge in [-0.25, -0.2) is 0 Å². The first kappa shape index (κ1) is 21.2. The van der Waals surface area contributed by atoms with Crippen molar-refractivity contribution in [2.45, 2.75) is 12.8 Å². The number of amides is 2. The van der Waals surface area contributed by atoms with Gasteiger partial charge in [0.1, 0.15) is 0 Å². The van der Waals surface area contributed by atoms with Gasteiger partial charge in [0.05, 0.1) is 0 Å². The van der Waals surface area contributed by atoms with Crippen LogP contribution in [-0.4, -0.2) is 60.9 Å². The molecule has 158 valence electrons. The van der Waals surface area contributed by atoms with E-state index in [1.165, 1.54) is 0 Å². The minimum Gasteiger partial charge on any atom is -0.368 e. The molecule has 0 bridgehead atoms. The van der Waals surface area contributed by atoms with E-state index in [1.807, 2.05) is 58.3 Å². The van der Waals surface area contributed by atoms with Crippen LogP contribution < -0.4 is 4.90 Å². The van der Waals surface area contributed by atoms with Crippen molar-refractivity contribution >= 4 is 45.0 Å². The maximum Gasteiger partial charge on any atom is 0.253 e. The third-order valence-corrected chi connectivity index (χ3v) is 6.79. The Bertz CT molecular complexity index is 888. The molecule has 0 radical (unpaired) electrons. The van der Waals surface area contributed by atoms with E-state index < -0.39 is 0 Å². The molecular weight excluding hydrogens is 466 g/mol. The number of anilines is 1. The number of carbonyl (C=O) groups excluding carboxylic acids is 2. The summed E-state index contributed by atoms with van der Waals surface area (Å²) in [6.45, 7) is 4.40. The predicted molar refractivity (Wildman–Crippen MR) is 123 cm³/mol. The smallest absolute Gasteiger partial charge is 0.253 e. The molecule has 2 amide bonds. The molecule has 0 spiro atoms. The lowest BCUT2D eigenvalue weighted by molar-refractivity contribution is -0.137. The molecule has 2 aliphatic heterocycles. The first-order valence-corrected chi connectivity index (χ1v) is 11.5. The number of rotatable bonds is 3. The molecule has 30 heavy (non-hydrogen) atoms. The zero-order valence-electron chi connectivity index (χ0n) is 16.8. The van der Waals surface area contributed by atoms with Crippen molar-refractivity contribution in [3.8, 4) is 0 Å². The van der Waals surface area contributed by atoms with Gasteiger partial charge in [0, 0.05) is 65.9 Å². The van der Waals surface area contributed by atoms with Crippen LogP contribution >= 0.6 is 27.5 Å². The molecule has 4 rings (SSSR count). The molecule has 2 aromatic carbocycles. The lowest BCUT2D eigenvalue weighted by atomic mass is 9.94. The first-order valence-electron chi connectivity index (χ1n) is 10.4. The Morgan fingerprint density at radius 3 is 2.00 bits per heavy atom. The molecule has 0 atom stereocenters. The van der Waals surface area contributed by atoms with Crippen molar-refractivity contribution in [3.05, 3.63) is 63.6 Å². The van der Waals surface area contributed by atoms with Crippen LogP contribution in [0.1, 0.15) is 23.2 Å². The molecular formula is C23H25BrClN3O2. The van der Waals surface area contributed by atoms with Gasteiger partial charge in [-0.3, -0.25) is 9.59 Å². The summed E-state index contributed by atoms with van der Waals surface area (Å²) in [6.07, 6.45) is 1.47. The second kappa shape index (κ2) is 9.40. The van der Waals surface area contributed by atoms with Gasteiger partial charge in [0.15, 0.2) is 0 Å². The summed E-state index contributed by atoms with van der Waals surface area (Å²) in [4.78, 5) is 31.8. The summed E-state index contributed by atoms with van der Waals surface area (Å²) >= 11 is 9.37. The largest absolute Gasteiger partial charge is 0.368 e. The molecule has 0 saturated carbocycles. The number of piperazine rings is 1. The third kappa shape index (κ3) is 4.81. The highest BCUT2D eigenvalue weighted by molar-refractivity contribution is 9.10. The van der Waals surface area contributed by atoms with Crippen LogP contribution in [0.2, 0.25) is 5.02 Å². The molecule has 0 aliphatic carbocycles. The van der Waals surface area contributed by atoms with Crippen molar-refractivity contribution < 1.29 is 9.59 Å². The Balaban J connectivity index is 1.27. The zero-order valence-corrected chi connectivity index (χ0v) is 19.1. The zero-order chi connectivity index (χ0) is 21.1. The van der Waals surface area contributed by atoms with Crippen LogP contribution in [0, 0.1) is 5.92 Å². The summed E-state index contributed by atoms with van der Waals surface area (Å²) in [5, 5.41) is 0.734. The Morgan fingerprint density at radius 2 is 1.40 bits per heavy atom. The molecule has 0 aromatic heterocycles. The molecule has 5 nitrogen and oxygen atoms in total. The minimum absolute atomic E-state index is 0.0149. The van der Waals surface area contributed by atoms with Crippen LogP contribution in [0.4, 0.5) is 5.69 Å². The Kier molecular flexibility index (Phi) is 6.64. The van der Waals surface area contributed by atoms with Crippen LogP contribution in [0.15, 0.2) is 53.0 Å². The highest BCUT2D eigenvalue weighted by Crippen LogP contribution is 2.24. The average Bonchev–Trinajstić information content (AvgIpc) is 2.79. The SMILES string of the molecule is O=C(c1ccc(Br)cc1)N1CCC(C(=O)N2CCN(c3ccc(Cl)cc3)CC2)CC1. The van der Waals surface area contributed by atoms with Crippen molar-refractivity contribution in [3.63, 3.8) is 0 Å². The standard InChI is InChI=1S/C23H25BrClN3O2/c24-19-3-1-17(2-4-19)22(29)27-11-9-18(10-12-27)23(30)28-15-13-26(14-16-28)21-7-5-20(25)6-8-21/h1-8,18H,9-16H2. The van der Waals surface area contributed by atoms with E-state index in [0.717, 1.165) is 54.2 Å². The Labute approximate surface area is 190 Å². The molecule has 2 heterocycles. The maximum atomic E-state index is 13.0. The monoisotopic (exact) mass is 489 g/mol. The van der Waals surface area contributed by atoms with E-state index in [0.29, 0.717) is 18.7 Å². The van der Waals surface area contributed by atoms with Gasteiger partial charge in [-0.15, -0.1) is 0 Å². The number of nitrogens with zero attached hydrogens (tertiary/aromatic N) is 3. The summed E-state index contributed by atoms with van der Waals surface area (Å²) in [5.74, 6) is 0.299. The topological polar surface area (TPSA) is 43.9 Å². The van der Waals surface area contributed by atoms with Crippen LogP contribution in [0.3, 0.4) is 0 Å².